The lowest BCUT2D eigenvalue weighted by Crippen LogP contribution is -2.37. The minimum absolute atomic E-state index is 0.349. The van der Waals surface area contributed by atoms with Crippen molar-refractivity contribution >= 4 is 0 Å². The zero-order chi connectivity index (χ0) is 11.4. The highest BCUT2D eigenvalue weighted by molar-refractivity contribution is 4.86. The minimum atomic E-state index is 0.349. The van der Waals surface area contributed by atoms with Crippen molar-refractivity contribution < 1.29 is 9.47 Å². The molecule has 16 heavy (non-hydrogen) atoms. The summed E-state index contributed by atoms with van der Waals surface area (Å²) in [5.41, 5.74) is 0. The van der Waals surface area contributed by atoms with E-state index in [4.69, 9.17) is 9.47 Å². The first-order chi connectivity index (χ1) is 7.77. The normalized spacial score (nSPS) is 35.1. The summed E-state index contributed by atoms with van der Waals surface area (Å²) in [6.45, 7) is 8.53. The maximum atomic E-state index is 5.84. The number of nitrogens with one attached hydrogen (secondary N) is 1. The largest absolute Gasteiger partial charge is 0.376 e. The van der Waals surface area contributed by atoms with Gasteiger partial charge in [0.25, 0.3) is 0 Å². The quantitative estimate of drug-likeness (QED) is 0.777. The van der Waals surface area contributed by atoms with Crippen LogP contribution in [0, 0.1) is 11.8 Å². The summed E-state index contributed by atoms with van der Waals surface area (Å²) in [7, 11) is 0. The van der Waals surface area contributed by atoms with E-state index in [0.717, 1.165) is 32.2 Å². The predicted octanol–water partition coefficient (Wildman–Crippen LogP) is 1.82. The molecule has 3 unspecified atom stereocenters. The van der Waals surface area contributed by atoms with Crippen molar-refractivity contribution in [2.45, 2.75) is 45.3 Å². The van der Waals surface area contributed by atoms with Crippen LogP contribution < -0.4 is 5.32 Å². The molecule has 2 heterocycles. The Balaban J connectivity index is 1.74. The van der Waals surface area contributed by atoms with E-state index in [0.29, 0.717) is 18.1 Å². The Morgan fingerprint density at radius 1 is 1.19 bits per heavy atom. The van der Waals surface area contributed by atoms with Gasteiger partial charge in [0, 0.05) is 25.7 Å². The molecule has 0 aromatic heterocycles. The second kappa shape index (κ2) is 5.99. The molecular formula is C13H25NO2. The van der Waals surface area contributed by atoms with E-state index in [9.17, 15) is 0 Å². The van der Waals surface area contributed by atoms with Crippen LogP contribution in [0.25, 0.3) is 0 Å². The molecule has 0 amide bonds. The van der Waals surface area contributed by atoms with Gasteiger partial charge < -0.3 is 14.8 Å². The summed E-state index contributed by atoms with van der Waals surface area (Å²) in [4.78, 5) is 0. The lowest BCUT2D eigenvalue weighted by Gasteiger charge is -2.24. The smallest absolute Gasteiger partial charge is 0.0877 e. The number of hydrogen-bond donors (Lipinski definition) is 1. The molecule has 94 valence electrons. The molecule has 0 radical (unpaired) electrons. The predicted molar refractivity (Wildman–Crippen MR) is 64.5 cm³/mol. The first kappa shape index (κ1) is 12.3. The molecule has 1 N–H and O–H groups in total. The molecule has 2 aliphatic rings. The topological polar surface area (TPSA) is 30.5 Å². The zero-order valence-corrected chi connectivity index (χ0v) is 10.6. The lowest BCUT2D eigenvalue weighted by atomic mass is 9.95. The summed E-state index contributed by atoms with van der Waals surface area (Å²) in [6.07, 6.45) is 4.30. The fourth-order valence-electron chi connectivity index (χ4n) is 2.70. The van der Waals surface area contributed by atoms with Crippen molar-refractivity contribution in [3.63, 3.8) is 0 Å². The lowest BCUT2D eigenvalue weighted by molar-refractivity contribution is -0.0328. The fourth-order valence-corrected chi connectivity index (χ4v) is 2.70. The highest BCUT2D eigenvalue weighted by Crippen LogP contribution is 2.29. The van der Waals surface area contributed by atoms with Crippen LogP contribution in [0.3, 0.4) is 0 Å². The monoisotopic (exact) mass is 227 g/mol. The Labute approximate surface area is 98.9 Å². The Kier molecular flexibility index (Phi) is 4.62. The average Bonchev–Trinajstić information content (AvgIpc) is 2.84. The summed E-state index contributed by atoms with van der Waals surface area (Å²) in [6, 6.07) is 0. The van der Waals surface area contributed by atoms with Gasteiger partial charge in [-0.1, -0.05) is 13.8 Å². The minimum Gasteiger partial charge on any atom is -0.376 e. The van der Waals surface area contributed by atoms with Gasteiger partial charge in [-0.25, -0.2) is 0 Å². The Morgan fingerprint density at radius 2 is 2.06 bits per heavy atom. The van der Waals surface area contributed by atoms with Crippen LogP contribution in [0.2, 0.25) is 0 Å². The summed E-state index contributed by atoms with van der Waals surface area (Å²) < 4.78 is 11.6. The molecule has 0 saturated carbocycles. The number of hydrogen-bond acceptors (Lipinski definition) is 3. The van der Waals surface area contributed by atoms with Gasteiger partial charge in [0.2, 0.25) is 0 Å². The van der Waals surface area contributed by atoms with Crippen molar-refractivity contribution in [3.8, 4) is 0 Å². The average molecular weight is 227 g/mol. The first-order valence-corrected chi connectivity index (χ1v) is 6.71. The van der Waals surface area contributed by atoms with Crippen LogP contribution in [0.1, 0.15) is 33.1 Å². The standard InChI is InChI=1S/C13H25NO2/c1-10(2)8-14-9-11-5-7-16-13(11)12-4-3-6-15-12/h10-14H,3-9H2,1-2H3. The van der Waals surface area contributed by atoms with Crippen molar-refractivity contribution in [2.24, 2.45) is 11.8 Å². The molecule has 0 aromatic carbocycles. The highest BCUT2D eigenvalue weighted by atomic mass is 16.5. The number of ether oxygens (including phenoxy) is 2. The molecule has 2 rings (SSSR count). The van der Waals surface area contributed by atoms with Crippen LogP contribution in [0.5, 0.6) is 0 Å². The first-order valence-electron chi connectivity index (χ1n) is 6.71. The molecule has 3 heteroatoms. The van der Waals surface area contributed by atoms with Gasteiger partial charge in [0.1, 0.15) is 0 Å². The maximum Gasteiger partial charge on any atom is 0.0877 e. The molecule has 2 saturated heterocycles. The number of rotatable bonds is 5. The third-order valence-electron chi connectivity index (χ3n) is 3.55. The van der Waals surface area contributed by atoms with Crippen LogP contribution in [0.15, 0.2) is 0 Å². The molecule has 0 spiro atoms. The summed E-state index contributed by atoms with van der Waals surface area (Å²) in [5.74, 6) is 1.38. The van der Waals surface area contributed by atoms with Gasteiger partial charge in [-0.3, -0.25) is 0 Å². The van der Waals surface area contributed by atoms with E-state index >= 15 is 0 Å². The summed E-state index contributed by atoms with van der Waals surface area (Å²) in [5, 5.41) is 3.54. The molecule has 3 atom stereocenters. The van der Waals surface area contributed by atoms with E-state index in [1.807, 2.05) is 0 Å². The zero-order valence-electron chi connectivity index (χ0n) is 10.6. The third-order valence-corrected chi connectivity index (χ3v) is 3.55. The Bertz CT molecular complexity index is 202. The van der Waals surface area contributed by atoms with E-state index in [1.54, 1.807) is 0 Å². The molecule has 2 aliphatic heterocycles. The van der Waals surface area contributed by atoms with Crippen LogP contribution in [0.4, 0.5) is 0 Å². The summed E-state index contributed by atoms with van der Waals surface area (Å²) >= 11 is 0. The Hall–Kier alpha value is -0.120. The van der Waals surface area contributed by atoms with Crippen molar-refractivity contribution in [3.05, 3.63) is 0 Å². The van der Waals surface area contributed by atoms with Crippen LogP contribution in [-0.4, -0.2) is 38.5 Å². The molecule has 0 aromatic rings. The molecule has 3 nitrogen and oxygen atoms in total. The highest BCUT2D eigenvalue weighted by Gasteiger charge is 2.36. The van der Waals surface area contributed by atoms with E-state index < -0.39 is 0 Å². The molecular weight excluding hydrogens is 202 g/mol. The van der Waals surface area contributed by atoms with Gasteiger partial charge in [0.15, 0.2) is 0 Å². The molecule has 0 aliphatic carbocycles. The van der Waals surface area contributed by atoms with E-state index in [-0.39, 0.29) is 0 Å². The van der Waals surface area contributed by atoms with Crippen LogP contribution >= 0.6 is 0 Å². The van der Waals surface area contributed by atoms with E-state index in [2.05, 4.69) is 19.2 Å². The van der Waals surface area contributed by atoms with E-state index in [1.165, 1.54) is 19.3 Å². The fraction of sp³-hybridized carbons (Fsp3) is 1.00. The van der Waals surface area contributed by atoms with Gasteiger partial charge in [-0.15, -0.1) is 0 Å². The molecule has 2 fully saturated rings. The maximum absolute atomic E-state index is 5.84. The van der Waals surface area contributed by atoms with Crippen molar-refractivity contribution in [1.29, 1.82) is 0 Å². The van der Waals surface area contributed by atoms with Gasteiger partial charge in [-0.05, 0) is 31.7 Å². The second-order valence-corrected chi connectivity index (χ2v) is 5.49. The van der Waals surface area contributed by atoms with Gasteiger partial charge in [0.05, 0.1) is 12.2 Å². The van der Waals surface area contributed by atoms with Crippen molar-refractivity contribution in [1.82, 2.24) is 5.32 Å². The Morgan fingerprint density at radius 3 is 2.75 bits per heavy atom. The third kappa shape index (κ3) is 3.19. The SMILES string of the molecule is CC(C)CNCC1CCOC1C1CCCO1. The van der Waals surface area contributed by atoms with Crippen molar-refractivity contribution in [2.75, 3.05) is 26.3 Å². The van der Waals surface area contributed by atoms with Crippen LogP contribution in [-0.2, 0) is 9.47 Å². The van der Waals surface area contributed by atoms with Gasteiger partial charge in [-0.2, -0.15) is 0 Å². The second-order valence-electron chi connectivity index (χ2n) is 5.49. The molecule has 0 bridgehead atoms. The van der Waals surface area contributed by atoms with Gasteiger partial charge >= 0.3 is 0 Å².